The van der Waals surface area contributed by atoms with E-state index in [4.69, 9.17) is 10.00 Å². The van der Waals surface area contributed by atoms with E-state index in [0.717, 1.165) is 6.07 Å². The van der Waals surface area contributed by atoms with Crippen LogP contribution in [0.25, 0.3) is 11.1 Å². The normalized spacial score (nSPS) is 10.4. The number of hydrogen-bond acceptors (Lipinski definition) is 2. The minimum Gasteiger partial charge on any atom is -0.490 e. The van der Waals surface area contributed by atoms with Crippen molar-refractivity contribution in [3.8, 4) is 22.9 Å². The molecule has 0 saturated carbocycles. The number of halogens is 2. The van der Waals surface area contributed by atoms with Crippen molar-refractivity contribution in [3.63, 3.8) is 0 Å². The summed E-state index contributed by atoms with van der Waals surface area (Å²) in [6.45, 7) is 3.70. The lowest BCUT2D eigenvalue weighted by molar-refractivity contribution is 0.242. The second kappa shape index (κ2) is 5.70. The minimum absolute atomic E-state index is 0.0705. The molecule has 0 aliphatic heterocycles. The first-order chi connectivity index (χ1) is 9.52. The van der Waals surface area contributed by atoms with Gasteiger partial charge in [-0.05, 0) is 37.6 Å². The van der Waals surface area contributed by atoms with Gasteiger partial charge in [0.05, 0.1) is 11.7 Å². The molecule has 0 unspecified atom stereocenters. The molecule has 0 atom stereocenters. The highest BCUT2D eigenvalue weighted by atomic mass is 19.2. The number of rotatable bonds is 3. The standard InChI is InChI=1S/C16H13F2NO/c1-10(2)20-15-7-6-11(8-12(15)9-19)13-4-3-5-14(17)16(13)18/h3-8,10H,1-2H3. The quantitative estimate of drug-likeness (QED) is 0.835. The maximum atomic E-state index is 13.7. The van der Waals surface area contributed by atoms with Crippen molar-refractivity contribution in [3.05, 3.63) is 53.6 Å². The van der Waals surface area contributed by atoms with Gasteiger partial charge in [-0.15, -0.1) is 0 Å². The zero-order valence-corrected chi connectivity index (χ0v) is 11.2. The third kappa shape index (κ3) is 2.77. The first kappa shape index (κ1) is 14.0. The minimum atomic E-state index is -0.922. The smallest absolute Gasteiger partial charge is 0.166 e. The van der Waals surface area contributed by atoms with E-state index in [0.29, 0.717) is 16.9 Å². The molecule has 0 spiro atoms. The Morgan fingerprint density at radius 2 is 1.90 bits per heavy atom. The summed E-state index contributed by atoms with van der Waals surface area (Å²) in [5, 5.41) is 9.13. The SMILES string of the molecule is CC(C)Oc1ccc(-c2cccc(F)c2F)cc1C#N. The van der Waals surface area contributed by atoms with Gasteiger partial charge >= 0.3 is 0 Å². The molecule has 0 saturated heterocycles. The lowest BCUT2D eigenvalue weighted by Crippen LogP contribution is -2.06. The Kier molecular flexibility index (Phi) is 3.99. The Morgan fingerprint density at radius 1 is 1.15 bits per heavy atom. The van der Waals surface area contributed by atoms with Crippen LogP contribution in [0.3, 0.4) is 0 Å². The second-order valence-corrected chi connectivity index (χ2v) is 4.59. The predicted molar refractivity (Wildman–Crippen MR) is 72.3 cm³/mol. The molecule has 4 heteroatoms. The van der Waals surface area contributed by atoms with Crippen LogP contribution in [0.15, 0.2) is 36.4 Å². The van der Waals surface area contributed by atoms with E-state index in [1.165, 1.54) is 18.2 Å². The molecule has 0 aliphatic rings. The van der Waals surface area contributed by atoms with E-state index < -0.39 is 11.6 Å². The van der Waals surface area contributed by atoms with Gasteiger partial charge in [-0.25, -0.2) is 8.78 Å². The molecule has 2 rings (SSSR count). The third-order valence-electron chi connectivity index (χ3n) is 2.73. The average molecular weight is 273 g/mol. The Balaban J connectivity index is 2.50. The van der Waals surface area contributed by atoms with Crippen LogP contribution < -0.4 is 4.74 Å². The first-order valence-corrected chi connectivity index (χ1v) is 6.18. The molecule has 0 N–H and O–H groups in total. The van der Waals surface area contributed by atoms with Crippen molar-refractivity contribution in [2.45, 2.75) is 20.0 Å². The Bertz CT molecular complexity index is 675. The third-order valence-corrected chi connectivity index (χ3v) is 2.73. The summed E-state index contributed by atoms with van der Waals surface area (Å²) in [5.74, 6) is -1.40. The summed E-state index contributed by atoms with van der Waals surface area (Å²) in [4.78, 5) is 0. The summed E-state index contributed by atoms with van der Waals surface area (Å²) in [7, 11) is 0. The number of ether oxygens (including phenoxy) is 1. The summed E-state index contributed by atoms with van der Waals surface area (Å²) in [5.41, 5.74) is 0.854. The lowest BCUT2D eigenvalue weighted by atomic mass is 10.0. The van der Waals surface area contributed by atoms with Gasteiger partial charge in [0.25, 0.3) is 0 Å². The van der Waals surface area contributed by atoms with E-state index in [1.807, 2.05) is 19.9 Å². The summed E-state index contributed by atoms with van der Waals surface area (Å²) < 4.78 is 32.5. The van der Waals surface area contributed by atoms with Gasteiger partial charge in [0.1, 0.15) is 11.8 Å². The molecule has 0 amide bonds. The van der Waals surface area contributed by atoms with Gasteiger partial charge in [-0.1, -0.05) is 18.2 Å². The molecule has 0 heterocycles. The molecular weight excluding hydrogens is 260 g/mol. The van der Waals surface area contributed by atoms with Gasteiger partial charge in [-0.3, -0.25) is 0 Å². The Hall–Kier alpha value is -2.41. The van der Waals surface area contributed by atoms with Crippen LogP contribution in [-0.4, -0.2) is 6.10 Å². The second-order valence-electron chi connectivity index (χ2n) is 4.59. The fraction of sp³-hybridized carbons (Fsp3) is 0.188. The molecule has 0 bridgehead atoms. The fourth-order valence-electron chi connectivity index (χ4n) is 1.87. The molecule has 20 heavy (non-hydrogen) atoms. The zero-order valence-electron chi connectivity index (χ0n) is 11.2. The van der Waals surface area contributed by atoms with Crippen LogP contribution in [0, 0.1) is 23.0 Å². The van der Waals surface area contributed by atoms with Crippen molar-refractivity contribution >= 4 is 0 Å². The monoisotopic (exact) mass is 273 g/mol. The Labute approximate surface area is 116 Å². The molecule has 0 aromatic heterocycles. The van der Waals surface area contributed by atoms with Crippen molar-refractivity contribution in [1.82, 2.24) is 0 Å². The van der Waals surface area contributed by atoms with Crippen LogP contribution in [0.2, 0.25) is 0 Å². The average Bonchev–Trinajstić information content (AvgIpc) is 2.42. The molecule has 0 aliphatic carbocycles. The van der Waals surface area contributed by atoms with E-state index in [2.05, 4.69) is 0 Å². The van der Waals surface area contributed by atoms with Crippen LogP contribution in [-0.2, 0) is 0 Å². The number of nitriles is 1. The van der Waals surface area contributed by atoms with Crippen molar-refractivity contribution in [2.24, 2.45) is 0 Å². The molecule has 0 fully saturated rings. The van der Waals surface area contributed by atoms with Gasteiger partial charge in [0, 0.05) is 5.56 Å². The lowest BCUT2D eigenvalue weighted by Gasteiger charge is -2.12. The van der Waals surface area contributed by atoms with Gasteiger partial charge in [0.15, 0.2) is 11.6 Å². The Morgan fingerprint density at radius 3 is 2.55 bits per heavy atom. The van der Waals surface area contributed by atoms with Crippen LogP contribution >= 0.6 is 0 Å². The van der Waals surface area contributed by atoms with Crippen molar-refractivity contribution < 1.29 is 13.5 Å². The van der Waals surface area contributed by atoms with E-state index in [-0.39, 0.29) is 11.7 Å². The van der Waals surface area contributed by atoms with Gasteiger partial charge < -0.3 is 4.74 Å². The highest BCUT2D eigenvalue weighted by Crippen LogP contribution is 2.29. The molecule has 0 radical (unpaired) electrons. The van der Waals surface area contributed by atoms with E-state index >= 15 is 0 Å². The van der Waals surface area contributed by atoms with Crippen LogP contribution in [0.1, 0.15) is 19.4 Å². The summed E-state index contributed by atoms with van der Waals surface area (Å²) >= 11 is 0. The van der Waals surface area contributed by atoms with E-state index in [9.17, 15) is 8.78 Å². The van der Waals surface area contributed by atoms with Crippen LogP contribution in [0.4, 0.5) is 8.78 Å². The summed E-state index contributed by atoms with van der Waals surface area (Å²) in [6, 6.07) is 10.7. The highest BCUT2D eigenvalue weighted by Gasteiger charge is 2.12. The number of nitrogens with zero attached hydrogens (tertiary/aromatic N) is 1. The zero-order chi connectivity index (χ0) is 14.7. The fourth-order valence-corrected chi connectivity index (χ4v) is 1.87. The predicted octanol–water partition coefficient (Wildman–Crippen LogP) is 4.29. The molecular formula is C16H13F2NO. The van der Waals surface area contributed by atoms with E-state index in [1.54, 1.807) is 12.1 Å². The molecule has 102 valence electrons. The molecule has 2 aromatic rings. The maximum Gasteiger partial charge on any atom is 0.166 e. The highest BCUT2D eigenvalue weighted by molar-refractivity contribution is 5.68. The number of benzene rings is 2. The van der Waals surface area contributed by atoms with Crippen molar-refractivity contribution in [1.29, 1.82) is 5.26 Å². The first-order valence-electron chi connectivity index (χ1n) is 6.18. The van der Waals surface area contributed by atoms with Gasteiger partial charge in [0.2, 0.25) is 0 Å². The maximum absolute atomic E-state index is 13.7. The van der Waals surface area contributed by atoms with Crippen LogP contribution in [0.5, 0.6) is 5.75 Å². The number of hydrogen-bond donors (Lipinski definition) is 0. The molecule has 2 nitrogen and oxygen atoms in total. The molecule has 2 aromatic carbocycles. The van der Waals surface area contributed by atoms with Gasteiger partial charge in [-0.2, -0.15) is 5.26 Å². The largest absolute Gasteiger partial charge is 0.490 e. The summed E-state index contributed by atoms with van der Waals surface area (Å²) in [6.07, 6.45) is -0.0705. The topological polar surface area (TPSA) is 33.0 Å². The van der Waals surface area contributed by atoms with Crippen molar-refractivity contribution in [2.75, 3.05) is 0 Å².